The Kier molecular flexibility index (Phi) is 3.79. The molecule has 0 spiro atoms. The lowest BCUT2D eigenvalue weighted by Crippen LogP contribution is -2.47. The van der Waals surface area contributed by atoms with E-state index in [0.717, 1.165) is 59.0 Å². The van der Waals surface area contributed by atoms with Crippen molar-refractivity contribution in [3.8, 4) is 0 Å². The SMILES string of the molecule is CN1CCN(C2=Nc3ccccc3N(C)c3c2csc3Cl)CC1. The average molecular weight is 347 g/mol. The van der Waals surface area contributed by atoms with E-state index < -0.39 is 0 Å². The first-order valence-corrected chi connectivity index (χ1v) is 9.03. The van der Waals surface area contributed by atoms with Crippen LogP contribution in [0.3, 0.4) is 0 Å². The van der Waals surface area contributed by atoms with Gasteiger partial charge < -0.3 is 14.7 Å². The number of anilines is 2. The molecule has 2 aliphatic rings. The average Bonchev–Trinajstić information content (AvgIpc) is 2.89. The number of nitrogens with zero attached hydrogens (tertiary/aromatic N) is 4. The molecule has 120 valence electrons. The van der Waals surface area contributed by atoms with Crippen LogP contribution in [0, 0.1) is 0 Å². The highest BCUT2D eigenvalue weighted by atomic mass is 35.5. The first kappa shape index (κ1) is 15.0. The van der Waals surface area contributed by atoms with Gasteiger partial charge in [0, 0.05) is 38.6 Å². The van der Waals surface area contributed by atoms with Crippen molar-refractivity contribution in [2.75, 3.05) is 45.2 Å². The van der Waals surface area contributed by atoms with Crippen molar-refractivity contribution in [3.05, 3.63) is 39.5 Å². The summed E-state index contributed by atoms with van der Waals surface area (Å²) in [5, 5.41) is 2.14. The summed E-state index contributed by atoms with van der Waals surface area (Å²) in [5.41, 5.74) is 4.31. The van der Waals surface area contributed by atoms with Gasteiger partial charge in [0.1, 0.15) is 10.2 Å². The number of halogens is 1. The molecular weight excluding hydrogens is 328 g/mol. The van der Waals surface area contributed by atoms with Crippen molar-refractivity contribution in [3.63, 3.8) is 0 Å². The monoisotopic (exact) mass is 346 g/mol. The molecule has 3 heterocycles. The summed E-state index contributed by atoms with van der Waals surface area (Å²) in [5.74, 6) is 1.05. The van der Waals surface area contributed by atoms with Gasteiger partial charge in [-0.25, -0.2) is 4.99 Å². The summed E-state index contributed by atoms with van der Waals surface area (Å²) in [6.07, 6.45) is 0. The number of fused-ring (bicyclic) bond motifs is 2. The third-order valence-corrected chi connectivity index (χ3v) is 5.77. The highest BCUT2D eigenvalue weighted by Crippen LogP contribution is 2.45. The van der Waals surface area contributed by atoms with Gasteiger partial charge >= 0.3 is 0 Å². The summed E-state index contributed by atoms with van der Waals surface area (Å²) >= 11 is 8.10. The fourth-order valence-corrected chi connectivity index (χ4v) is 4.35. The van der Waals surface area contributed by atoms with Crippen LogP contribution in [0.15, 0.2) is 34.6 Å². The molecule has 1 aromatic carbocycles. The largest absolute Gasteiger partial charge is 0.353 e. The topological polar surface area (TPSA) is 22.1 Å². The van der Waals surface area contributed by atoms with Gasteiger partial charge in [-0.15, -0.1) is 11.3 Å². The van der Waals surface area contributed by atoms with E-state index >= 15 is 0 Å². The van der Waals surface area contributed by atoms with Gasteiger partial charge in [-0.1, -0.05) is 23.7 Å². The Labute approximate surface area is 145 Å². The van der Waals surface area contributed by atoms with Gasteiger partial charge in [-0.2, -0.15) is 0 Å². The van der Waals surface area contributed by atoms with Crippen LogP contribution < -0.4 is 4.90 Å². The normalized spacial score (nSPS) is 18.3. The Balaban J connectivity index is 1.86. The number of para-hydroxylation sites is 2. The van der Waals surface area contributed by atoms with E-state index in [1.54, 1.807) is 11.3 Å². The van der Waals surface area contributed by atoms with E-state index in [1.807, 2.05) is 12.1 Å². The molecule has 0 saturated carbocycles. The van der Waals surface area contributed by atoms with E-state index in [-0.39, 0.29) is 0 Å². The smallest absolute Gasteiger partial charge is 0.139 e. The summed E-state index contributed by atoms with van der Waals surface area (Å²) < 4.78 is 0.820. The summed E-state index contributed by atoms with van der Waals surface area (Å²) in [7, 11) is 4.24. The van der Waals surface area contributed by atoms with Crippen molar-refractivity contribution < 1.29 is 0 Å². The lowest BCUT2D eigenvalue weighted by molar-refractivity contribution is 0.216. The number of benzene rings is 1. The molecule has 4 nitrogen and oxygen atoms in total. The van der Waals surface area contributed by atoms with Crippen LogP contribution >= 0.6 is 22.9 Å². The van der Waals surface area contributed by atoms with Crippen molar-refractivity contribution in [2.45, 2.75) is 0 Å². The third-order valence-electron chi connectivity index (χ3n) is 4.57. The molecule has 6 heteroatoms. The summed E-state index contributed by atoms with van der Waals surface area (Å²) in [6, 6.07) is 8.26. The lowest BCUT2D eigenvalue weighted by atomic mass is 10.2. The van der Waals surface area contributed by atoms with Crippen LogP contribution in [0.1, 0.15) is 5.56 Å². The fraction of sp³-hybridized carbons (Fsp3) is 0.353. The maximum atomic E-state index is 6.51. The number of aliphatic imine (C=N–C) groups is 1. The predicted octanol–water partition coefficient (Wildman–Crippen LogP) is 3.81. The van der Waals surface area contributed by atoms with Crippen LogP contribution in [0.2, 0.25) is 4.34 Å². The molecule has 1 aromatic heterocycles. The molecule has 2 aliphatic heterocycles. The molecule has 0 atom stereocenters. The van der Waals surface area contributed by atoms with Crippen molar-refractivity contribution >= 4 is 45.8 Å². The minimum Gasteiger partial charge on any atom is -0.353 e. The number of hydrogen-bond acceptors (Lipinski definition) is 5. The maximum Gasteiger partial charge on any atom is 0.139 e. The Morgan fingerprint density at radius 1 is 1.09 bits per heavy atom. The Morgan fingerprint density at radius 2 is 1.83 bits per heavy atom. The van der Waals surface area contributed by atoms with Gasteiger partial charge in [0.05, 0.1) is 22.6 Å². The molecule has 1 fully saturated rings. The minimum absolute atomic E-state index is 0.820. The minimum atomic E-state index is 0.820. The van der Waals surface area contributed by atoms with Gasteiger partial charge in [0.15, 0.2) is 0 Å². The zero-order valence-electron chi connectivity index (χ0n) is 13.3. The lowest BCUT2D eigenvalue weighted by Gasteiger charge is -2.34. The van der Waals surface area contributed by atoms with Crippen molar-refractivity contribution in [1.82, 2.24) is 9.80 Å². The third kappa shape index (κ3) is 2.53. The number of thiophene rings is 1. The maximum absolute atomic E-state index is 6.51. The zero-order valence-corrected chi connectivity index (χ0v) is 14.9. The number of piperazine rings is 1. The van der Waals surface area contributed by atoms with Gasteiger partial charge in [-0.3, -0.25) is 0 Å². The van der Waals surface area contributed by atoms with Crippen LogP contribution in [0.5, 0.6) is 0 Å². The number of amidine groups is 1. The number of rotatable bonds is 0. The Bertz CT molecular complexity index is 762. The molecule has 2 aromatic rings. The van der Waals surface area contributed by atoms with Crippen molar-refractivity contribution in [1.29, 1.82) is 0 Å². The van der Waals surface area contributed by atoms with Gasteiger partial charge in [-0.05, 0) is 19.2 Å². The molecule has 0 unspecified atom stereocenters. The molecule has 0 aliphatic carbocycles. The standard InChI is InChI=1S/C17H19ClN4S/c1-20-7-9-22(10-8-20)17-12-11-23-16(18)15(12)21(2)14-6-4-3-5-13(14)19-17/h3-6,11H,7-10H2,1-2H3. The second-order valence-corrected chi connectivity index (χ2v) is 7.53. The van der Waals surface area contributed by atoms with Crippen molar-refractivity contribution in [2.24, 2.45) is 4.99 Å². The van der Waals surface area contributed by atoms with E-state index in [1.165, 1.54) is 0 Å². The molecule has 4 rings (SSSR count). The van der Waals surface area contributed by atoms with Gasteiger partial charge in [0.2, 0.25) is 0 Å². The molecule has 0 bridgehead atoms. The van der Waals surface area contributed by atoms with E-state index in [0.29, 0.717) is 0 Å². The second kappa shape index (κ2) is 5.82. The molecule has 0 radical (unpaired) electrons. The molecule has 0 N–H and O–H groups in total. The Morgan fingerprint density at radius 3 is 2.61 bits per heavy atom. The zero-order chi connectivity index (χ0) is 16.0. The quantitative estimate of drug-likeness (QED) is 0.724. The summed E-state index contributed by atoms with van der Waals surface area (Å²) in [6.45, 7) is 4.11. The van der Waals surface area contributed by atoms with Crippen LogP contribution in [0.25, 0.3) is 0 Å². The predicted molar refractivity (Wildman–Crippen MR) is 99.1 cm³/mol. The fourth-order valence-electron chi connectivity index (χ4n) is 3.20. The van der Waals surface area contributed by atoms with Crippen LogP contribution in [0.4, 0.5) is 17.1 Å². The highest BCUT2D eigenvalue weighted by molar-refractivity contribution is 7.15. The van der Waals surface area contributed by atoms with E-state index in [9.17, 15) is 0 Å². The van der Waals surface area contributed by atoms with E-state index in [4.69, 9.17) is 16.6 Å². The first-order valence-electron chi connectivity index (χ1n) is 7.77. The molecule has 0 amide bonds. The van der Waals surface area contributed by atoms with E-state index in [2.05, 4.69) is 46.3 Å². The second-order valence-electron chi connectivity index (χ2n) is 6.05. The summed E-state index contributed by atoms with van der Waals surface area (Å²) in [4.78, 5) is 11.9. The first-order chi connectivity index (χ1) is 11.1. The van der Waals surface area contributed by atoms with Crippen LogP contribution in [-0.4, -0.2) is 55.9 Å². The van der Waals surface area contributed by atoms with Crippen LogP contribution in [-0.2, 0) is 0 Å². The molecule has 23 heavy (non-hydrogen) atoms. The van der Waals surface area contributed by atoms with Gasteiger partial charge in [0.25, 0.3) is 0 Å². The molecule has 1 saturated heterocycles. The Hall–Kier alpha value is -1.56. The number of hydrogen-bond donors (Lipinski definition) is 0. The molecular formula is C17H19ClN4S. The highest BCUT2D eigenvalue weighted by Gasteiger charge is 2.28. The number of likely N-dealkylation sites (N-methyl/N-ethyl adjacent to an activating group) is 1.